The van der Waals surface area contributed by atoms with Crippen LogP contribution in [0.5, 0.6) is 0 Å². The number of ether oxygens (including phenoxy) is 1. The zero-order valence-electron chi connectivity index (χ0n) is 22.3. The normalized spacial score (nSPS) is 22.3. The Morgan fingerprint density at radius 1 is 1.33 bits per heavy atom. The third-order valence-electron chi connectivity index (χ3n) is 7.95. The minimum absolute atomic E-state index is 0.0105. The molecule has 206 valence electrons. The summed E-state index contributed by atoms with van der Waals surface area (Å²) in [7, 11) is 3.55. The van der Waals surface area contributed by atoms with E-state index in [0.717, 1.165) is 51.4 Å². The maximum absolute atomic E-state index is 12.4. The summed E-state index contributed by atoms with van der Waals surface area (Å²) in [6.45, 7) is 5.17. The summed E-state index contributed by atoms with van der Waals surface area (Å²) in [5.41, 5.74) is 2.26. The second kappa shape index (κ2) is 11.1. The van der Waals surface area contributed by atoms with Gasteiger partial charge >= 0.3 is 0 Å². The van der Waals surface area contributed by atoms with E-state index in [4.69, 9.17) is 4.74 Å². The Kier molecular flexibility index (Phi) is 7.65. The summed E-state index contributed by atoms with van der Waals surface area (Å²) in [5.74, 6) is 0.797. The molecule has 1 spiro atoms. The Bertz CT molecular complexity index is 1270. The van der Waals surface area contributed by atoms with Crippen LogP contribution in [0.4, 0.5) is 17.3 Å². The van der Waals surface area contributed by atoms with Gasteiger partial charge < -0.3 is 29.9 Å². The number of aromatic nitrogens is 2. The lowest BCUT2D eigenvalue weighted by molar-refractivity contribution is -0.136. The van der Waals surface area contributed by atoms with Gasteiger partial charge in [-0.1, -0.05) is 6.07 Å². The first-order valence-electron chi connectivity index (χ1n) is 13.1. The van der Waals surface area contributed by atoms with Gasteiger partial charge in [0.15, 0.2) is 6.29 Å². The van der Waals surface area contributed by atoms with Gasteiger partial charge in [-0.3, -0.25) is 14.5 Å². The van der Waals surface area contributed by atoms with E-state index in [0.29, 0.717) is 48.7 Å². The number of nitrogens with zero attached hydrogens (tertiary/aromatic N) is 7. The first-order chi connectivity index (χ1) is 18.8. The standard InChI is InChI=1S/C27H34N8O4/c1-32-8-9-34(25(37)15-32)14-19-3-4-24(30-21(19)16-36)33(2)26(38)31-23-11-22(20(12-28)13-29-23)35-7-5-27(17-35)6-10-39-18-27/h3-4,11,13,16,26,38H,5-10,14-15,17-18H2,1-2H3,(H,29,31). The first-order valence-corrected chi connectivity index (χ1v) is 13.1. The molecule has 1 amide bonds. The number of rotatable bonds is 8. The highest BCUT2D eigenvalue weighted by Crippen LogP contribution is 2.41. The second-order valence-corrected chi connectivity index (χ2v) is 10.7. The molecule has 2 aromatic rings. The highest BCUT2D eigenvalue weighted by Gasteiger charge is 2.42. The zero-order chi connectivity index (χ0) is 27.6. The first kappa shape index (κ1) is 26.8. The van der Waals surface area contributed by atoms with Crippen molar-refractivity contribution in [1.29, 1.82) is 5.26 Å². The average Bonchev–Trinajstić information content (AvgIpc) is 3.59. The molecule has 12 nitrogen and oxygen atoms in total. The number of pyridine rings is 2. The van der Waals surface area contributed by atoms with Crippen LogP contribution in [-0.4, -0.2) is 103 Å². The molecule has 2 N–H and O–H groups in total. The molecule has 2 aromatic heterocycles. The fourth-order valence-corrected chi connectivity index (χ4v) is 5.46. The summed E-state index contributed by atoms with van der Waals surface area (Å²) in [6, 6.07) is 7.48. The van der Waals surface area contributed by atoms with E-state index in [9.17, 15) is 20.0 Å². The van der Waals surface area contributed by atoms with Crippen LogP contribution in [0.25, 0.3) is 0 Å². The largest absolute Gasteiger partial charge is 0.381 e. The molecule has 0 radical (unpaired) electrons. The third-order valence-corrected chi connectivity index (χ3v) is 7.95. The Morgan fingerprint density at radius 3 is 2.90 bits per heavy atom. The van der Waals surface area contributed by atoms with Gasteiger partial charge in [-0.2, -0.15) is 5.26 Å². The molecule has 5 heterocycles. The van der Waals surface area contributed by atoms with Crippen LogP contribution in [0.1, 0.15) is 34.5 Å². The second-order valence-electron chi connectivity index (χ2n) is 10.7. The van der Waals surface area contributed by atoms with E-state index < -0.39 is 6.35 Å². The lowest BCUT2D eigenvalue weighted by Gasteiger charge is -2.32. The molecule has 2 atom stereocenters. The number of anilines is 3. The molecule has 0 saturated carbocycles. The van der Waals surface area contributed by atoms with Crippen LogP contribution in [0.15, 0.2) is 24.4 Å². The lowest BCUT2D eigenvalue weighted by atomic mass is 9.87. The number of likely N-dealkylation sites (N-methyl/N-ethyl adjacent to an activating group) is 1. The van der Waals surface area contributed by atoms with Gasteiger partial charge in [0.05, 0.1) is 24.4 Å². The Morgan fingerprint density at radius 2 is 2.18 bits per heavy atom. The molecular formula is C27H34N8O4. The van der Waals surface area contributed by atoms with Crippen molar-refractivity contribution in [2.45, 2.75) is 25.7 Å². The van der Waals surface area contributed by atoms with Crippen molar-refractivity contribution in [1.82, 2.24) is 19.8 Å². The molecule has 3 fully saturated rings. The molecule has 0 bridgehead atoms. The monoisotopic (exact) mass is 534 g/mol. The average molecular weight is 535 g/mol. The van der Waals surface area contributed by atoms with Gasteiger partial charge in [-0.05, 0) is 26.0 Å². The molecule has 3 aliphatic heterocycles. The topological polar surface area (TPSA) is 138 Å². The van der Waals surface area contributed by atoms with Gasteiger partial charge in [0.1, 0.15) is 23.4 Å². The van der Waals surface area contributed by atoms with Crippen molar-refractivity contribution >= 4 is 29.5 Å². The van der Waals surface area contributed by atoms with Crippen molar-refractivity contribution in [3.63, 3.8) is 0 Å². The van der Waals surface area contributed by atoms with Crippen LogP contribution >= 0.6 is 0 Å². The number of carbonyl (C=O) groups is 2. The molecule has 0 aromatic carbocycles. The van der Waals surface area contributed by atoms with E-state index in [-0.39, 0.29) is 17.0 Å². The summed E-state index contributed by atoms with van der Waals surface area (Å²) < 4.78 is 5.64. The third kappa shape index (κ3) is 5.66. The summed E-state index contributed by atoms with van der Waals surface area (Å²) in [4.78, 5) is 40.3. The Balaban J connectivity index is 1.28. The molecule has 12 heteroatoms. The maximum atomic E-state index is 12.4. The van der Waals surface area contributed by atoms with E-state index >= 15 is 0 Å². The van der Waals surface area contributed by atoms with Crippen LogP contribution in [0, 0.1) is 16.7 Å². The lowest BCUT2D eigenvalue weighted by Crippen LogP contribution is -2.48. The number of carbonyl (C=O) groups excluding carboxylic acids is 2. The van der Waals surface area contributed by atoms with Gasteiger partial charge in [-0.15, -0.1) is 0 Å². The van der Waals surface area contributed by atoms with E-state index in [1.807, 2.05) is 11.9 Å². The number of piperazine rings is 1. The van der Waals surface area contributed by atoms with E-state index in [1.54, 1.807) is 30.1 Å². The number of aldehydes is 1. The molecule has 3 aliphatic rings. The number of nitriles is 1. The number of aliphatic hydroxyl groups excluding tert-OH is 1. The molecular weight excluding hydrogens is 500 g/mol. The van der Waals surface area contributed by atoms with Crippen molar-refractivity contribution in [3.05, 3.63) is 41.2 Å². The van der Waals surface area contributed by atoms with Crippen LogP contribution < -0.4 is 15.1 Å². The van der Waals surface area contributed by atoms with Crippen molar-refractivity contribution in [2.75, 3.05) is 75.1 Å². The Hall–Kier alpha value is -3.79. The van der Waals surface area contributed by atoms with Gasteiger partial charge in [0.25, 0.3) is 0 Å². The fourth-order valence-electron chi connectivity index (χ4n) is 5.46. The van der Waals surface area contributed by atoms with E-state index in [2.05, 4.69) is 26.3 Å². The number of hydrogen-bond donors (Lipinski definition) is 2. The molecule has 0 aliphatic carbocycles. The minimum Gasteiger partial charge on any atom is -0.381 e. The van der Waals surface area contributed by atoms with Crippen LogP contribution in [0.3, 0.4) is 0 Å². The summed E-state index contributed by atoms with van der Waals surface area (Å²) >= 11 is 0. The SMILES string of the molecule is CN1CCN(Cc2ccc(N(C)C(O)Nc3cc(N4CCC5(CCOC5)C4)c(C#N)cn3)nc2C=O)C(=O)C1. The van der Waals surface area contributed by atoms with Gasteiger partial charge in [-0.25, -0.2) is 9.97 Å². The number of hydrogen-bond acceptors (Lipinski definition) is 11. The molecule has 39 heavy (non-hydrogen) atoms. The summed E-state index contributed by atoms with van der Waals surface area (Å²) in [5, 5.41) is 23.6. The maximum Gasteiger partial charge on any atom is 0.237 e. The predicted octanol–water partition coefficient (Wildman–Crippen LogP) is 0.876. The summed E-state index contributed by atoms with van der Waals surface area (Å²) in [6.07, 6.45) is 3.00. The van der Waals surface area contributed by atoms with E-state index in [1.165, 1.54) is 11.1 Å². The zero-order valence-corrected chi connectivity index (χ0v) is 22.3. The van der Waals surface area contributed by atoms with Gasteiger partial charge in [0, 0.05) is 69.6 Å². The van der Waals surface area contributed by atoms with Crippen LogP contribution in [-0.2, 0) is 16.1 Å². The quantitative estimate of drug-likeness (QED) is 0.369. The highest BCUT2D eigenvalue weighted by molar-refractivity contribution is 5.80. The number of nitrogens with one attached hydrogen (secondary N) is 1. The van der Waals surface area contributed by atoms with Crippen molar-refractivity contribution < 1.29 is 19.4 Å². The van der Waals surface area contributed by atoms with Crippen LogP contribution in [0.2, 0.25) is 0 Å². The van der Waals surface area contributed by atoms with Gasteiger partial charge in [0.2, 0.25) is 12.3 Å². The molecule has 3 saturated heterocycles. The highest BCUT2D eigenvalue weighted by atomic mass is 16.5. The molecule has 2 unspecified atom stereocenters. The predicted molar refractivity (Wildman–Crippen MR) is 144 cm³/mol. The number of amides is 1. The van der Waals surface area contributed by atoms with Crippen molar-refractivity contribution in [3.8, 4) is 6.07 Å². The number of aliphatic hydroxyl groups is 1. The minimum atomic E-state index is -1.21. The Labute approximate surface area is 227 Å². The van der Waals surface area contributed by atoms with Crippen molar-refractivity contribution in [2.24, 2.45) is 5.41 Å². The fraction of sp³-hybridized carbons (Fsp3) is 0.519. The molecule has 5 rings (SSSR count). The smallest absolute Gasteiger partial charge is 0.237 e.